The summed E-state index contributed by atoms with van der Waals surface area (Å²) >= 11 is 0. The largest absolute Gasteiger partial charge is 0.292 e. The first-order chi connectivity index (χ1) is 7.66. The molecule has 0 unspecified atom stereocenters. The number of carbonyl (C=O) groups excluding carboxylic acids is 1. The second-order valence-corrected chi connectivity index (χ2v) is 3.19. The van der Waals surface area contributed by atoms with Crippen LogP contribution in [0.3, 0.4) is 0 Å². The van der Waals surface area contributed by atoms with E-state index in [1.165, 1.54) is 12.3 Å². The molecular formula is C10H7F2N3O. The Morgan fingerprint density at radius 3 is 2.81 bits per heavy atom. The number of aromatic amines is 1. The molecule has 0 bridgehead atoms. The number of hydrogen-bond donors (Lipinski definition) is 1. The summed E-state index contributed by atoms with van der Waals surface area (Å²) in [6.07, 6.45) is 1.09. The molecule has 0 radical (unpaired) electrons. The standard InChI is InChI=1S/C10H7F2N3O/c11-7-2-1-6(8(12)4-7)3-10(16)9-5-13-15-14-9/h1-2,4-5H,3H2,(H,13,14,15). The molecule has 6 heteroatoms. The normalized spacial score (nSPS) is 10.4. The van der Waals surface area contributed by atoms with Gasteiger partial charge < -0.3 is 0 Å². The second kappa shape index (κ2) is 4.18. The summed E-state index contributed by atoms with van der Waals surface area (Å²) in [6, 6.07) is 3.09. The number of benzene rings is 1. The van der Waals surface area contributed by atoms with Gasteiger partial charge in [0.25, 0.3) is 0 Å². The van der Waals surface area contributed by atoms with Crippen molar-refractivity contribution in [1.82, 2.24) is 15.4 Å². The zero-order valence-electron chi connectivity index (χ0n) is 8.08. The highest BCUT2D eigenvalue weighted by Crippen LogP contribution is 2.11. The fourth-order valence-corrected chi connectivity index (χ4v) is 1.26. The van der Waals surface area contributed by atoms with Crippen molar-refractivity contribution in [1.29, 1.82) is 0 Å². The molecule has 0 saturated carbocycles. The number of nitrogens with zero attached hydrogens (tertiary/aromatic N) is 2. The van der Waals surface area contributed by atoms with Gasteiger partial charge in [-0.3, -0.25) is 4.79 Å². The molecule has 2 rings (SSSR count). The van der Waals surface area contributed by atoms with E-state index in [0.717, 1.165) is 12.1 Å². The van der Waals surface area contributed by atoms with E-state index in [1.807, 2.05) is 0 Å². The minimum Gasteiger partial charge on any atom is -0.292 e. The van der Waals surface area contributed by atoms with E-state index in [4.69, 9.17) is 0 Å². The average Bonchev–Trinajstić information content (AvgIpc) is 2.75. The lowest BCUT2D eigenvalue weighted by atomic mass is 10.1. The summed E-state index contributed by atoms with van der Waals surface area (Å²) in [5.74, 6) is -1.79. The van der Waals surface area contributed by atoms with Gasteiger partial charge in [-0.2, -0.15) is 15.4 Å². The summed E-state index contributed by atoms with van der Waals surface area (Å²) in [5.41, 5.74) is 0.262. The Kier molecular flexibility index (Phi) is 2.72. The minimum atomic E-state index is -0.739. The minimum absolute atomic E-state index is 0.128. The summed E-state index contributed by atoms with van der Waals surface area (Å²) < 4.78 is 25.8. The molecule has 0 aliphatic rings. The maximum Gasteiger partial charge on any atom is 0.189 e. The number of Topliss-reactive ketones (excluding diaryl/α,β-unsaturated/α-hetero) is 1. The molecule has 0 spiro atoms. The van der Waals surface area contributed by atoms with Crippen LogP contribution in [0.15, 0.2) is 24.4 Å². The highest BCUT2D eigenvalue weighted by molar-refractivity contribution is 5.95. The van der Waals surface area contributed by atoms with Crippen LogP contribution in [0.5, 0.6) is 0 Å². The van der Waals surface area contributed by atoms with E-state index in [-0.39, 0.29) is 23.5 Å². The first kappa shape index (κ1) is 10.4. The van der Waals surface area contributed by atoms with Crippen molar-refractivity contribution in [3.63, 3.8) is 0 Å². The van der Waals surface area contributed by atoms with E-state index in [0.29, 0.717) is 0 Å². The number of ketones is 1. The molecule has 2 aromatic rings. The van der Waals surface area contributed by atoms with Crippen molar-refractivity contribution in [2.75, 3.05) is 0 Å². The lowest BCUT2D eigenvalue weighted by Gasteiger charge is -2.00. The quantitative estimate of drug-likeness (QED) is 0.802. The average molecular weight is 223 g/mol. The van der Waals surface area contributed by atoms with Crippen LogP contribution in [0, 0.1) is 11.6 Å². The maximum atomic E-state index is 13.2. The Labute approximate surface area is 89.3 Å². The number of halogens is 2. The van der Waals surface area contributed by atoms with Crippen molar-refractivity contribution in [2.24, 2.45) is 0 Å². The van der Waals surface area contributed by atoms with E-state index in [2.05, 4.69) is 15.4 Å². The number of carbonyl (C=O) groups is 1. The fourth-order valence-electron chi connectivity index (χ4n) is 1.26. The fraction of sp³-hybridized carbons (Fsp3) is 0.100. The van der Waals surface area contributed by atoms with Gasteiger partial charge in [0.15, 0.2) is 5.78 Å². The molecule has 1 aromatic carbocycles. The van der Waals surface area contributed by atoms with Crippen LogP contribution in [-0.4, -0.2) is 21.2 Å². The van der Waals surface area contributed by atoms with Gasteiger partial charge >= 0.3 is 0 Å². The van der Waals surface area contributed by atoms with Gasteiger partial charge in [0.1, 0.15) is 17.3 Å². The summed E-state index contributed by atoms with van der Waals surface area (Å²) in [6.45, 7) is 0. The first-order valence-corrected chi connectivity index (χ1v) is 4.49. The van der Waals surface area contributed by atoms with Gasteiger partial charge in [-0.25, -0.2) is 8.78 Å². The smallest absolute Gasteiger partial charge is 0.189 e. The van der Waals surface area contributed by atoms with Crippen LogP contribution in [0.2, 0.25) is 0 Å². The summed E-state index contributed by atoms with van der Waals surface area (Å²) in [7, 11) is 0. The predicted molar refractivity (Wildman–Crippen MR) is 50.8 cm³/mol. The second-order valence-electron chi connectivity index (χ2n) is 3.19. The van der Waals surface area contributed by atoms with Crippen LogP contribution >= 0.6 is 0 Å². The summed E-state index contributed by atoms with van der Waals surface area (Å²) in [4.78, 5) is 11.5. The molecule has 0 atom stereocenters. The summed E-state index contributed by atoms with van der Waals surface area (Å²) in [5, 5.41) is 9.33. The van der Waals surface area contributed by atoms with Crippen molar-refractivity contribution in [2.45, 2.75) is 6.42 Å². The molecule has 1 heterocycles. The van der Waals surface area contributed by atoms with Gasteiger partial charge in [0, 0.05) is 12.5 Å². The highest BCUT2D eigenvalue weighted by atomic mass is 19.1. The van der Waals surface area contributed by atoms with Gasteiger partial charge in [-0.1, -0.05) is 6.07 Å². The van der Waals surface area contributed by atoms with Gasteiger partial charge in [0.05, 0.1) is 6.20 Å². The molecule has 4 nitrogen and oxygen atoms in total. The number of rotatable bonds is 3. The third-order valence-corrected chi connectivity index (χ3v) is 2.07. The Morgan fingerprint density at radius 1 is 1.38 bits per heavy atom. The molecule has 82 valence electrons. The molecule has 0 aliphatic carbocycles. The Morgan fingerprint density at radius 2 is 2.19 bits per heavy atom. The van der Waals surface area contributed by atoms with Gasteiger partial charge in [0.2, 0.25) is 0 Å². The SMILES string of the molecule is O=C(Cc1ccc(F)cc1F)c1cn[nH]n1. The number of nitrogens with one attached hydrogen (secondary N) is 1. The Hall–Kier alpha value is -2.11. The molecule has 1 N–H and O–H groups in total. The van der Waals surface area contributed by atoms with Crippen molar-refractivity contribution in [3.8, 4) is 0 Å². The number of H-pyrrole nitrogens is 1. The molecule has 0 aliphatic heterocycles. The van der Waals surface area contributed by atoms with Gasteiger partial charge in [-0.15, -0.1) is 0 Å². The third-order valence-electron chi connectivity index (χ3n) is 2.07. The zero-order chi connectivity index (χ0) is 11.5. The van der Waals surface area contributed by atoms with Crippen LogP contribution in [-0.2, 0) is 6.42 Å². The van der Waals surface area contributed by atoms with Crippen LogP contribution in [0.4, 0.5) is 8.78 Å². The maximum absolute atomic E-state index is 13.2. The van der Waals surface area contributed by atoms with Crippen LogP contribution < -0.4 is 0 Å². The lowest BCUT2D eigenvalue weighted by molar-refractivity contribution is 0.0987. The topological polar surface area (TPSA) is 58.6 Å². The van der Waals surface area contributed by atoms with Crippen LogP contribution in [0.25, 0.3) is 0 Å². The molecule has 16 heavy (non-hydrogen) atoms. The lowest BCUT2D eigenvalue weighted by Crippen LogP contribution is -2.06. The zero-order valence-corrected chi connectivity index (χ0v) is 8.08. The van der Waals surface area contributed by atoms with E-state index in [9.17, 15) is 13.6 Å². The molecule has 1 aromatic heterocycles. The van der Waals surface area contributed by atoms with E-state index >= 15 is 0 Å². The monoisotopic (exact) mass is 223 g/mol. The Bertz CT molecular complexity index is 511. The molecular weight excluding hydrogens is 216 g/mol. The van der Waals surface area contributed by atoms with Crippen molar-refractivity contribution >= 4 is 5.78 Å². The first-order valence-electron chi connectivity index (χ1n) is 4.49. The Balaban J connectivity index is 2.18. The molecule has 0 amide bonds. The molecule has 0 saturated heterocycles. The van der Waals surface area contributed by atoms with Crippen molar-refractivity contribution < 1.29 is 13.6 Å². The van der Waals surface area contributed by atoms with Crippen molar-refractivity contribution in [3.05, 3.63) is 47.3 Å². The van der Waals surface area contributed by atoms with E-state index < -0.39 is 11.6 Å². The molecule has 0 fully saturated rings. The third kappa shape index (κ3) is 2.10. The van der Waals surface area contributed by atoms with Gasteiger partial charge in [-0.05, 0) is 11.6 Å². The van der Waals surface area contributed by atoms with E-state index in [1.54, 1.807) is 0 Å². The van der Waals surface area contributed by atoms with Crippen LogP contribution in [0.1, 0.15) is 16.1 Å². The number of hydrogen-bond acceptors (Lipinski definition) is 3. The number of aromatic nitrogens is 3. The highest BCUT2D eigenvalue weighted by Gasteiger charge is 2.13. The predicted octanol–water partition coefficient (Wildman–Crippen LogP) is 1.51.